The molecule has 0 spiro atoms. The smallest absolute Gasteiger partial charge is 0.377 e. The van der Waals surface area contributed by atoms with Crippen molar-refractivity contribution < 1.29 is 84.4 Å². The van der Waals surface area contributed by atoms with Crippen molar-refractivity contribution in [1.29, 1.82) is 0 Å². The maximum atomic E-state index is 16.1. The first-order valence-corrected chi connectivity index (χ1v) is 30.4. The molecule has 0 atom stereocenters. The van der Waals surface area contributed by atoms with E-state index in [1.54, 1.807) is 0 Å². The van der Waals surface area contributed by atoms with Gasteiger partial charge in [0.15, 0.2) is 0 Å². The number of hydrogen-bond donors (Lipinski definition) is 0. The van der Waals surface area contributed by atoms with E-state index in [-0.39, 0.29) is 63.6 Å². The second-order valence-electron chi connectivity index (χ2n) is 15.0. The van der Waals surface area contributed by atoms with Crippen LogP contribution in [0.25, 0.3) is 0 Å². The van der Waals surface area contributed by atoms with E-state index in [9.17, 15) is 0 Å². The molecule has 26 heteroatoms. The van der Waals surface area contributed by atoms with E-state index in [0.29, 0.717) is 37.4 Å². The molecule has 0 fully saturated rings. The van der Waals surface area contributed by atoms with Crippen LogP contribution in [0, 0.1) is 17.8 Å². The van der Waals surface area contributed by atoms with Gasteiger partial charge in [-0.05, 0) is 64.2 Å². The largest absolute Gasteiger partial charge is 0.500 e. The van der Waals surface area contributed by atoms with Crippen molar-refractivity contribution in [3.8, 4) is 0 Å². The summed E-state index contributed by atoms with van der Waals surface area (Å²) in [6.07, 6.45) is -3.52. The maximum absolute atomic E-state index is 16.1. The fourth-order valence-electron chi connectivity index (χ4n) is 8.30. The normalized spacial score (nSPS) is 13.7. The van der Waals surface area contributed by atoms with Gasteiger partial charge in [-0.2, -0.15) is 13.2 Å². The number of carbonyl (C=O) groups excluding carboxylic acids is 1. The predicted octanol–water partition coefficient (Wildman–Crippen LogP) is 6.48. The summed E-state index contributed by atoms with van der Waals surface area (Å²) >= 11 is 0. The van der Waals surface area contributed by atoms with Gasteiger partial charge in [0.05, 0.1) is 5.41 Å². The standard InChI is InChI=1S/C37H81F3NO16Si5.Rf/c1-17-41(33-36(37(38,39)40,26-21-31-61(52-11,53-12)54-13)27-22-32-62(55-14,56-15)57-16)34(42)35(23-18-28-58(43-2,44-3)45-4,24-19-29-59(46-5,47-6)48-7)25-20-30-60(49-8,50-9)51-10;/h1,17-33H2,2-16H3;/q-1;. The molecular formula is C37H81F3NO16RfSi5-. The molecule has 0 aromatic rings. The number of hydrogen-bond acceptors (Lipinski definition) is 16. The summed E-state index contributed by atoms with van der Waals surface area (Å²) in [6, 6.07) is 1.26. The fraction of sp³-hybridized carbons (Fsp3) is 0.946. The molecule has 0 saturated heterocycles. The van der Waals surface area contributed by atoms with Crippen LogP contribution < -0.4 is 0 Å². The second kappa shape index (κ2) is 30.2. The quantitative estimate of drug-likeness (QED) is 0.0486. The summed E-state index contributed by atoms with van der Waals surface area (Å²) < 4.78 is 133. The van der Waals surface area contributed by atoms with Crippen LogP contribution in [0.2, 0.25) is 30.2 Å². The molecule has 1 amide bonds. The maximum Gasteiger partial charge on any atom is 0.500 e. The monoisotopic (exact) mass is 1260 g/mol. The van der Waals surface area contributed by atoms with Gasteiger partial charge in [-0.1, -0.05) is 0 Å². The first-order chi connectivity index (χ1) is 29.3. The number of carbonyl (C=O) groups is 1. The van der Waals surface area contributed by atoms with Gasteiger partial charge in [0.2, 0.25) is 5.91 Å². The fourth-order valence-corrected chi connectivity index (χ4v) is 16.9. The van der Waals surface area contributed by atoms with Crippen LogP contribution in [0.3, 0.4) is 0 Å². The molecule has 17 nitrogen and oxygen atoms in total. The van der Waals surface area contributed by atoms with Crippen molar-refractivity contribution in [3.63, 3.8) is 0 Å². The molecule has 0 unspecified atom stereocenters. The average Bonchev–Trinajstić information content (AvgIpc) is 3.30. The van der Waals surface area contributed by atoms with Crippen molar-refractivity contribution in [3.05, 3.63) is 6.92 Å². The van der Waals surface area contributed by atoms with Gasteiger partial charge >= 0.3 is 50.2 Å². The van der Waals surface area contributed by atoms with Gasteiger partial charge in [0, 0.05) is 149 Å². The first-order valence-electron chi connectivity index (χ1n) is 20.7. The summed E-state index contributed by atoms with van der Waals surface area (Å²) in [4.78, 5) is 16.9. The second-order valence-corrected chi connectivity index (χ2v) is 30.5. The summed E-state index contributed by atoms with van der Waals surface area (Å²) in [5.41, 5.74) is -3.64. The van der Waals surface area contributed by atoms with Crippen LogP contribution in [0.4, 0.5) is 13.2 Å². The van der Waals surface area contributed by atoms with E-state index in [1.165, 1.54) is 112 Å². The molecule has 0 saturated carbocycles. The Labute approximate surface area is 376 Å². The third kappa shape index (κ3) is 17.4. The first kappa shape index (κ1) is 63.8. The molecule has 0 bridgehead atoms. The zero-order valence-corrected chi connectivity index (χ0v) is 52.4. The van der Waals surface area contributed by atoms with Crippen molar-refractivity contribution in [2.45, 2.75) is 101 Å². The SMILES string of the molecule is [CH2-]CN(CC(CCC[Si](OC)(OC)OC)(CCC[Si](OC)(OC)OC)C(F)(F)F)C(=O)C(CCC[Si](OC)(OC)OC)(CCC[Si](OC)(OC)OC)CCC[Si](OC)(OC)OC.[Rf]. The van der Waals surface area contributed by atoms with Crippen LogP contribution in [-0.2, 0) is 71.2 Å². The number of halogens is 3. The van der Waals surface area contributed by atoms with Crippen molar-refractivity contribution in [2.75, 3.05) is 120 Å². The zero-order chi connectivity index (χ0) is 47.8. The summed E-state index contributed by atoms with van der Waals surface area (Å²) in [5, 5.41) is 0. The summed E-state index contributed by atoms with van der Waals surface area (Å²) in [7, 11) is 6.09. The Morgan fingerprint density at radius 2 is 0.635 bits per heavy atom. The summed E-state index contributed by atoms with van der Waals surface area (Å²) in [6.45, 7) is 3.14. The molecule has 0 rings (SSSR count). The van der Waals surface area contributed by atoms with Gasteiger partial charge in [0.1, 0.15) is 0 Å². The Hall–Kier alpha value is -1.26. The molecule has 0 aliphatic rings. The number of rotatable bonds is 39. The zero-order valence-electron chi connectivity index (χ0n) is 41.0. The minimum absolute atomic E-state index is 0. The van der Waals surface area contributed by atoms with E-state index in [4.69, 9.17) is 66.4 Å². The van der Waals surface area contributed by atoms with Gasteiger partial charge < -0.3 is 78.2 Å². The van der Waals surface area contributed by atoms with Crippen molar-refractivity contribution >= 4 is 49.9 Å². The van der Waals surface area contributed by atoms with Crippen LogP contribution in [0.5, 0.6) is 0 Å². The molecule has 0 aromatic carbocycles. The predicted molar refractivity (Wildman–Crippen MR) is 237 cm³/mol. The Morgan fingerprint density at radius 1 is 0.429 bits per heavy atom. The topological polar surface area (TPSA) is 159 Å². The van der Waals surface area contributed by atoms with Gasteiger partial charge in [0.25, 0.3) is 0 Å². The van der Waals surface area contributed by atoms with E-state index in [1.807, 2.05) is 0 Å². The van der Waals surface area contributed by atoms with Crippen molar-refractivity contribution in [1.82, 2.24) is 4.90 Å². The van der Waals surface area contributed by atoms with Crippen LogP contribution in [0.1, 0.15) is 64.2 Å². The Morgan fingerprint density at radius 3 is 0.810 bits per heavy atom. The number of alkyl halides is 3. The van der Waals surface area contributed by atoms with Crippen LogP contribution >= 0.6 is 0 Å². The molecule has 63 heavy (non-hydrogen) atoms. The minimum Gasteiger partial charge on any atom is -0.377 e. The van der Waals surface area contributed by atoms with Gasteiger partial charge in [-0.3, -0.25) is 4.79 Å². The number of nitrogens with zero attached hydrogens (tertiary/aromatic N) is 1. The molecule has 374 valence electrons. The van der Waals surface area contributed by atoms with Crippen molar-refractivity contribution in [2.24, 2.45) is 10.8 Å². The third-order valence-electron chi connectivity index (χ3n) is 12.5. The molecule has 0 aliphatic heterocycles. The third-order valence-corrected chi connectivity index (χ3v) is 26.6. The Bertz CT molecular complexity index is 1080. The number of amides is 1. The summed E-state index contributed by atoms with van der Waals surface area (Å²) in [5.74, 6) is -0.469. The molecule has 0 radical (unpaired) electrons. The van der Waals surface area contributed by atoms with Gasteiger partial charge in [-0.15, -0.1) is 6.54 Å². The minimum atomic E-state index is -4.78. The Kier molecular flexibility index (Phi) is 30.6. The van der Waals surface area contributed by atoms with E-state index in [2.05, 4.69) is 6.92 Å². The van der Waals surface area contributed by atoms with Gasteiger partial charge in [-0.25, -0.2) is 0 Å². The van der Waals surface area contributed by atoms with E-state index >= 15 is 18.0 Å². The van der Waals surface area contributed by atoms with E-state index in [0.717, 1.165) is 0 Å². The molecule has 0 heterocycles. The van der Waals surface area contributed by atoms with Crippen LogP contribution in [0.15, 0.2) is 0 Å². The average molecular weight is 1260 g/mol. The molecule has 0 aliphatic carbocycles. The van der Waals surface area contributed by atoms with E-state index < -0.39 is 73.5 Å². The molecular weight excluding hydrogens is 1180 g/mol. The van der Waals surface area contributed by atoms with Crippen LogP contribution in [-0.4, -0.2) is 181 Å². The Balaban J connectivity index is 0. The molecule has 0 aromatic heterocycles. The molecule has 0 N–H and O–H groups in total.